The van der Waals surface area contributed by atoms with Crippen LogP contribution >= 0.6 is 24.0 Å². The lowest BCUT2D eigenvalue weighted by Crippen LogP contribution is -2.43. The number of nitrogens with zero attached hydrogens (tertiary/aromatic N) is 2. The summed E-state index contributed by atoms with van der Waals surface area (Å²) in [4.78, 5) is 18.0. The summed E-state index contributed by atoms with van der Waals surface area (Å²) in [6.45, 7) is 5.28. The molecule has 3 N–H and O–H groups in total. The highest BCUT2D eigenvalue weighted by Crippen LogP contribution is 2.26. The van der Waals surface area contributed by atoms with Crippen molar-refractivity contribution in [1.82, 2.24) is 4.90 Å². The van der Waals surface area contributed by atoms with Gasteiger partial charge in [0.25, 0.3) is 0 Å². The summed E-state index contributed by atoms with van der Waals surface area (Å²) in [6.07, 6.45) is 3.74. The number of fused-ring (bicyclic) bond motifs is 1. The average Bonchev–Trinajstić information content (AvgIpc) is 2.58. The van der Waals surface area contributed by atoms with Gasteiger partial charge in [-0.25, -0.2) is 4.99 Å². The van der Waals surface area contributed by atoms with Gasteiger partial charge in [0.05, 0.1) is 6.54 Å². The zero-order valence-corrected chi connectivity index (χ0v) is 17.0. The van der Waals surface area contributed by atoms with Gasteiger partial charge in [-0.05, 0) is 48.9 Å². The molecule has 1 aromatic carbocycles. The second-order valence-electron chi connectivity index (χ2n) is 6.65. The van der Waals surface area contributed by atoms with Crippen LogP contribution in [0.5, 0.6) is 5.75 Å². The van der Waals surface area contributed by atoms with Crippen molar-refractivity contribution in [1.29, 1.82) is 0 Å². The molecule has 138 valence electrons. The van der Waals surface area contributed by atoms with Crippen LogP contribution in [0.2, 0.25) is 0 Å². The molecule has 7 heteroatoms. The van der Waals surface area contributed by atoms with Crippen molar-refractivity contribution < 1.29 is 9.53 Å². The number of anilines is 1. The van der Waals surface area contributed by atoms with E-state index in [9.17, 15) is 4.79 Å². The molecule has 1 amide bonds. The van der Waals surface area contributed by atoms with E-state index >= 15 is 0 Å². The quantitative estimate of drug-likeness (QED) is 0.315. The molecule has 1 atom stereocenters. The van der Waals surface area contributed by atoms with Gasteiger partial charge >= 0.3 is 0 Å². The number of halogens is 1. The number of guanidine groups is 1. The monoisotopic (exact) mass is 458 g/mol. The lowest BCUT2D eigenvalue weighted by molar-refractivity contribution is -0.116. The molecule has 2 heterocycles. The minimum absolute atomic E-state index is 0. The van der Waals surface area contributed by atoms with Gasteiger partial charge in [-0.15, -0.1) is 24.0 Å². The Morgan fingerprint density at radius 3 is 3.08 bits per heavy atom. The highest BCUT2D eigenvalue weighted by atomic mass is 127. The number of amides is 1. The van der Waals surface area contributed by atoms with Crippen LogP contribution in [0.3, 0.4) is 0 Å². The van der Waals surface area contributed by atoms with Crippen LogP contribution in [0.1, 0.15) is 31.7 Å². The number of rotatable bonds is 4. The Balaban J connectivity index is 0.00000225. The number of piperidine rings is 1. The predicted octanol–water partition coefficient (Wildman–Crippen LogP) is 2.61. The lowest BCUT2D eigenvalue weighted by atomic mass is 10.0. The van der Waals surface area contributed by atoms with Crippen LogP contribution in [0.25, 0.3) is 0 Å². The van der Waals surface area contributed by atoms with E-state index in [4.69, 9.17) is 10.5 Å². The Labute approximate surface area is 166 Å². The van der Waals surface area contributed by atoms with Crippen molar-refractivity contribution >= 4 is 41.5 Å². The van der Waals surface area contributed by atoms with E-state index in [2.05, 4.69) is 22.1 Å². The molecule has 0 aromatic heterocycles. The van der Waals surface area contributed by atoms with Gasteiger partial charge in [0, 0.05) is 25.2 Å². The molecule has 1 unspecified atom stereocenters. The van der Waals surface area contributed by atoms with Gasteiger partial charge in [0.1, 0.15) is 12.4 Å². The van der Waals surface area contributed by atoms with E-state index in [0.29, 0.717) is 31.4 Å². The summed E-state index contributed by atoms with van der Waals surface area (Å²) >= 11 is 0. The Kier molecular flexibility index (Phi) is 7.34. The molecule has 0 saturated carbocycles. The van der Waals surface area contributed by atoms with Crippen LogP contribution in [0, 0.1) is 5.92 Å². The molecule has 0 aliphatic carbocycles. The number of hydrogen-bond donors (Lipinski definition) is 2. The highest BCUT2D eigenvalue weighted by Gasteiger charge is 2.17. The Bertz CT molecular complexity index is 636. The summed E-state index contributed by atoms with van der Waals surface area (Å²) < 4.78 is 5.76. The van der Waals surface area contributed by atoms with E-state index < -0.39 is 0 Å². The fourth-order valence-corrected chi connectivity index (χ4v) is 3.27. The predicted molar refractivity (Wildman–Crippen MR) is 111 cm³/mol. The maximum absolute atomic E-state index is 11.4. The fraction of sp³-hybridized carbons (Fsp3) is 0.556. The zero-order valence-electron chi connectivity index (χ0n) is 14.7. The Morgan fingerprint density at radius 1 is 1.44 bits per heavy atom. The first-order valence-electron chi connectivity index (χ1n) is 8.72. The number of benzene rings is 1. The maximum atomic E-state index is 11.4. The van der Waals surface area contributed by atoms with E-state index in [0.717, 1.165) is 36.5 Å². The minimum atomic E-state index is 0. The van der Waals surface area contributed by atoms with Crippen molar-refractivity contribution in [3.63, 3.8) is 0 Å². The van der Waals surface area contributed by atoms with Gasteiger partial charge in [-0.3, -0.25) is 4.79 Å². The van der Waals surface area contributed by atoms with Crippen LogP contribution in [-0.4, -0.2) is 43.0 Å². The summed E-state index contributed by atoms with van der Waals surface area (Å²) in [7, 11) is 0. The van der Waals surface area contributed by atoms with Gasteiger partial charge in [0.2, 0.25) is 5.91 Å². The second-order valence-corrected chi connectivity index (χ2v) is 6.65. The summed E-state index contributed by atoms with van der Waals surface area (Å²) in [5.74, 6) is 2.19. The number of ether oxygens (including phenoxy) is 1. The summed E-state index contributed by atoms with van der Waals surface area (Å²) in [5.41, 5.74) is 8.09. The molecule has 1 aromatic rings. The molecule has 2 aliphatic heterocycles. The van der Waals surface area contributed by atoms with Crippen LogP contribution in [0.4, 0.5) is 5.69 Å². The minimum Gasteiger partial charge on any atom is -0.492 e. The van der Waals surface area contributed by atoms with E-state index in [1.165, 1.54) is 12.8 Å². The molecule has 6 nitrogen and oxygen atoms in total. The number of aliphatic imine (C=N–C) groups is 1. The molecule has 0 radical (unpaired) electrons. The average molecular weight is 458 g/mol. The third kappa shape index (κ3) is 5.49. The van der Waals surface area contributed by atoms with Gasteiger partial charge in [-0.1, -0.05) is 6.92 Å². The van der Waals surface area contributed by atoms with Crippen molar-refractivity contribution in [2.24, 2.45) is 16.6 Å². The van der Waals surface area contributed by atoms with E-state index in [1.807, 2.05) is 18.2 Å². The Hall–Kier alpha value is -1.51. The number of carbonyl (C=O) groups excluding carboxylic acids is 1. The van der Waals surface area contributed by atoms with E-state index in [1.54, 1.807) is 0 Å². The normalized spacial score (nSPS) is 20.4. The van der Waals surface area contributed by atoms with Crippen molar-refractivity contribution in [2.75, 3.05) is 31.6 Å². The standard InChI is InChI=1S/C18H26N4O2.HI/c1-13-3-2-9-22(12-13)18(19)20-8-10-24-15-5-6-16-14(11-15)4-7-17(23)21-16;/h5-6,11,13H,2-4,7-10,12H2,1H3,(H2,19,20)(H,21,23);1H. The van der Waals surface area contributed by atoms with Crippen LogP contribution in [-0.2, 0) is 11.2 Å². The van der Waals surface area contributed by atoms with Gasteiger partial charge in [0.15, 0.2) is 5.96 Å². The molecule has 0 spiro atoms. The first kappa shape index (κ1) is 19.8. The SMILES string of the molecule is CC1CCCN(C(N)=NCCOc2ccc3c(c2)CCC(=O)N3)C1.I. The number of likely N-dealkylation sites (tertiary alicyclic amines) is 1. The lowest BCUT2D eigenvalue weighted by Gasteiger charge is -2.31. The number of nitrogens with one attached hydrogen (secondary N) is 1. The van der Waals surface area contributed by atoms with E-state index in [-0.39, 0.29) is 29.9 Å². The number of aryl methyl sites for hydroxylation is 1. The molecule has 1 fully saturated rings. The van der Waals surface area contributed by atoms with Gasteiger partial charge in [-0.2, -0.15) is 0 Å². The smallest absolute Gasteiger partial charge is 0.224 e. The summed E-state index contributed by atoms with van der Waals surface area (Å²) in [6, 6.07) is 5.77. The maximum Gasteiger partial charge on any atom is 0.224 e. The number of nitrogens with two attached hydrogens (primary N) is 1. The number of carbonyl (C=O) groups is 1. The zero-order chi connectivity index (χ0) is 16.9. The Morgan fingerprint density at radius 2 is 2.28 bits per heavy atom. The molecule has 25 heavy (non-hydrogen) atoms. The van der Waals surface area contributed by atoms with Crippen molar-refractivity contribution in [3.8, 4) is 5.75 Å². The third-order valence-electron chi connectivity index (χ3n) is 4.59. The fourth-order valence-electron chi connectivity index (χ4n) is 3.27. The molecule has 1 saturated heterocycles. The van der Waals surface area contributed by atoms with Crippen molar-refractivity contribution in [3.05, 3.63) is 23.8 Å². The first-order valence-corrected chi connectivity index (χ1v) is 8.72. The first-order chi connectivity index (χ1) is 11.6. The molecular weight excluding hydrogens is 431 g/mol. The molecular formula is C18H27IN4O2. The topological polar surface area (TPSA) is 79.9 Å². The van der Waals surface area contributed by atoms with Crippen molar-refractivity contribution in [2.45, 2.75) is 32.6 Å². The largest absolute Gasteiger partial charge is 0.492 e. The summed E-state index contributed by atoms with van der Waals surface area (Å²) in [5, 5.41) is 2.87. The third-order valence-corrected chi connectivity index (χ3v) is 4.59. The highest BCUT2D eigenvalue weighted by molar-refractivity contribution is 14.0. The van der Waals surface area contributed by atoms with Gasteiger partial charge < -0.3 is 20.7 Å². The molecule has 0 bridgehead atoms. The molecule has 2 aliphatic rings. The van der Waals surface area contributed by atoms with Crippen LogP contribution in [0.15, 0.2) is 23.2 Å². The number of hydrogen-bond acceptors (Lipinski definition) is 3. The second kappa shape index (κ2) is 9.26. The van der Waals surface area contributed by atoms with Crippen LogP contribution < -0.4 is 15.8 Å². The molecule has 3 rings (SSSR count).